The van der Waals surface area contributed by atoms with Gasteiger partial charge in [-0.15, -0.1) is 0 Å². The minimum atomic E-state index is -0.222. The summed E-state index contributed by atoms with van der Waals surface area (Å²) in [7, 11) is 0. The number of benzene rings is 3. The van der Waals surface area contributed by atoms with Crippen LogP contribution >= 0.6 is 0 Å². The molecule has 0 atom stereocenters. The van der Waals surface area contributed by atoms with E-state index in [1.807, 2.05) is 48.5 Å². The molecule has 0 aliphatic rings. The molecule has 0 N–H and O–H groups in total. The maximum Gasteiger partial charge on any atom is 0.339 e. The number of carbonyl (C=O) groups is 1. The first-order chi connectivity index (χ1) is 13.8. The predicted molar refractivity (Wildman–Crippen MR) is 115 cm³/mol. The molecule has 1 aromatic heterocycles. The first-order valence-corrected chi connectivity index (χ1v) is 10.0. The van der Waals surface area contributed by atoms with E-state index in [1.54, 1.807) is 0 Å². The Morgan fingerprint density at radius 2 is 1.36 bits per heavy atom. The lowest BCUT2D eigenvalue weighted by Gasteiger charge is -2.11. The average molecular weight is 371 g/mol. The molecule has 0 aliphatic carbocycles. The van der Waals surface area contributed by atoms with Gasteiger partial charge in [-0.1, -0.05) is 55.0 Å². The van der Waals surface area contributed by atoms with Crippen LogP contribution in [0.4, 0.5) is 0 Å². The molecule has 0 unspecified atom stereocenters. The molecular weight excluding hydrogens is 346 g/mol. The second kappa shape index (κ2) is 8.75. The third-order valence-electron chi connectivity index (χ3n) is 5.19. The minimum absolute atomic E-state index is 0.222. The monoisotopic (exact) mass is 371 g/mol. The summed E-state index contributed by atoms with van der Waals surface area (Å²) in [6.07, 6.45) is 8.46. The largest absolute Gasteiger partial charge is 0.462 e. The van der Waals surface area contributed by atoms with Crippen molar-refractivity contribution in [1.82, 2.24) is 4.57 Å². The summed E-state index contributed by atoms with van der Waals surface area (Å²) in [5.41, 5.74) is 0.682. The molecular formula is C25H25NO2. The fraction of sp³-hybridized carbons (Fsp3) is 0.240. The van der Waals surface area contributed by atoms with Crippen LogP contribution in [0, 0.1) is 0 Å². The SMILES string of the molecule is O=C(OCCCCCCn1cccc1)c1c2ccccc2cc2ccccc12. The maximum atomic E-state index is 12.9. The van der Waals surface area contributed by atoms with Gasteiger partial charge < -0.3 is 9.30 Å². The molecule has 4 rings (SSSR count). The highest BCUT2D eigenvalue weighted by atomic mass is 16.5. The van der Waals surface area contributed by atoms with E-state index in [0.29, 0.717) is 12.2 Å². The van der Waals surface area contributed by atoms with Crippen LogP contribution in [0.1, 0.15) is 36.0 Å². The number of aryl methyl sites for hydroxylation is 1. The molecule has 0 bridgehead atoms. The summed E-state index contributed by atoms with van der Waals surface area (Å²) in [5.74, 6) is -0.222. The lowest BCUT2D eigenvalue weighted by molar-refractivity contribution is 0.0502. The standard InChI is InChI=1S/C25H25NO2/c27-25(28-18-10-2-1-7-15-26-16-8-9-17-26)24-22-13-5-3-11-20(22)19-21-12-4-6-14-23(21)24/h3-6,8-9,11-14,16-17,19H,1-2,7,10,15,18H2. The van der Waals surface area contributed by atoms with Gasteiger partial charge in [-0.2, -0.15) is 0 Å². The number of esters is 1. The van der Waals surface area contributed by atoms with Gasteiger partial charge in [-0.3, -0.25) is 0 Å². The summed E-state index contributed by atoms with van der Waals surface area (Å²) >= 11 is 0. The number of ether oxygens (including phenoxy) is 1. The zero-order valence-corrected chi connectivity index (χ0v) is 16.0. The quantitative estimate of drug-likeness (QED) is 0.209. The Morgan fingerprint density at radius 1 is 0.750 bits per heavy atom. The van der Waals surface area contributed by atoms with Gasteiger partial charge in [0.15, 0.2) is 0 Å². The van der Waals surface area contributed by atoms with Crippen molar-refractivity contribution in [3.63, 3.8) is 0 Å². The van der Waals surface area contributed by atoms with Gasteiger partial charge in [0.05, 0.1) is 12.2 Å². The molecule has 0 radical (unpaired) electrons. The van der Waals surface area contributed by atoms with Crippen LogP contribution in [0.25, 0.3) is 21.5 Å². The number of fused-ring (bicyclic) bond motifs is 2. The number of rotatable bonds is 8. The highest BCUT2D eigenvalue weighted by Crippen LogP contribution is 2.29. The summed E-state index contributed by atoms with van der Waals surface area (Å²) in [4.78, 5) is 12.9. The van der Waals surface area contributed by atoms with E-state index in [-0.39, 0.29) is 5.97 Å². The van der Waals surface area contributed by atoms with E-state index in [9.17, 15) is 4.79 Å². The van der Waals surface area contributed by atoms with Crippen LogP contribution in [0.2, 0.25) is 0 Å². The zero-order valence-electron chi connectivity index (χ0n) is 16.0. The first-order valence-electron chi connectivity index (χ1n) is 10.0. The molecule has 0 fully saturated rings. The second-order valence-electron chi connectivity index (χ2n) is 7.16. The van der Waals surface area contributed by atoms with Gasteiger partial charge in [0.1, 0.15) is 0 Å². The average Bonchev–Trinajstić information content (AvgIpc) is 3.24. The van der Waals surface area contributed by atoms with Gasteiger partial charge in [-0.25, -0.2) is 4.79 Å². The molecule has 1 heterocycles. The number of nitrogens with zero attached hydrogens (tertiary/aromatic N) is 1. The van der Waals surface area contributed by atoms with Gasteiger partial charge in [0.2, 0.25) is 0 Å². The molecule has 4 aromatic rings. The van der Waals surface area contributed by atoms with Crippen molar-refractivity contribution in [2.24, 2.45) is 0 Å². The van der Waals surface area contributed by atoms with Crippen LogP contribution in [-0.2, 0) is 11.3 Å². The Labute approximate surface area is 165 Å². The van der Waals surface area contributed by atoms with Crippen molar-refractivity contribution >= 4 is 27.5 Å². The molecule has 3 nitrogen and oxygen atoms in total. The fourth-order valence-electron chi connectivity index (χ4n) is 3.74. The minimum Gasteiger partial charge on any atom is -0.462 e. The summed E-state index contributed by atoms with van der Waals surface area (Å²) < 4.78 is 7.85. The predicted octanol–water partition coefficient (Wildman–Crippen LogP) is 6.21. The van der Waals surface area contributed by atoms with Crippen molar-refractivity contribution in [3.05, 3.63) is 84.7 Å². The zero-order chi connectivity index (χ0) is 19.2. The van der Waals surface area contributed by atoms with E-state index in [2.05, 4.69) is 35.2 Å². The summed E-state index contributed by atoms with van der Waals surface area (Å²) in [6.45, 7) is 1.52. The maximum absolute atomic E-state index is 12.9. The highest BCUT2D eigenvalue weighted by Gasteiger charge is 2.15. The number of hydrogen-bond acceptors (Lipinski definition) is 2. The molecule has 0 aliphatic heterocycles. The van der Waals surface area contributed by atoms with E-state index in [4.69, 9.17) is 4.74 Å². The van der Waals surface area contributed by atoms with Crippen molar-refractivity contribution in [2.75, 3.05) is 6.61 Å². The summed E-state index contributed by atoms with van der Waals surface area (Å²) in [5, 5.41) is 4.05. The second-order valence-corrected chi connectivity index (χ2v) is 7.16. The molecule has 0 amide bonds. The van der Waals surface area contributed by atoms with E-state index in [0.717, 1.165) is 53.8 Å². The Morgan fingerprint density at radius 3 is 2.04 bits per heavy atom. The van der Waals surface area contributed by atoms with Crippen LogP contribution in [0.3, 0.4) is 0 Å². The van der Waals surface area contributed by atoms with Crippen LogP contribution < -0.4 is 0 Å². The topological polar surface area (TPSA) is 31.2 Å². The molecule has 3 aromatic carbocycles. The van der Waals surface area contributed by atoms with Gasteiger partial charge in [0.25, 0.3) is 0 Å². The van der Waals surface area contributed by atoms with Crippen molar-refractivity contribution < 1.29 is 9.53 Å². The Hall–Kier alpha value is -3.07. The van der Waals surface area contributed by atoms with E-state index < -0.39 is 0 Å². The third kappa shape index (κ3) is 4.09. The fourth-order valence-corrected chi connectivity index (χ4v) is 3.74. The Bertz CT molecular complexity index is 1010. The molecule has 28 heavy (non-hydrogen) atoms. The molecule has 142 valence electrons. The van der Waals surface area contributed by atoms with Crippen molar-refractivity contribution in [3.8, 4) is 0 Å². The lowest BCUT2D eigenvalue weighted by atomic mass is 9.97. The normalized spacial score (nSPS) is 11.1. The first kappa shape index (κ1) is 18.3. The number of carbonyl (C=O) groups excluding carboxylic acids is 1. The van der Waals surface area contributed by atoms with Crippen molar-refractivity contribution in [1.29, 1.82) is 0 Å². The van der Waals surface area contributed by atoms with Crippen molar-refractivity contribution in [2.45, 2.75) is 32.2 Å². The highest BCUT2D eigenvalue weighted by molar-refractivity contribution is 6.16. The third-order valence-corrected chi connectivity index (χ3v) is 5.19. The molecule has 3 heteroatoms. The number of aromatic nitrogens is 1. The van der Waals surface area contributed by atoms with Gasteiger partial charge in [-0.05, 0) is 59.0 Å². The molecule has 0 saturated heterocycles. The summed E-state index contributed by atoms with van der Waals surface area (Å²) in [6, 6.07) is 22.3. The number of unbranched alkanes of at least 4 members (excludes halogenated alkanes) is 3. The smallest absolute Gasteiger partial charge is 0.339 e. The van der Waals surface area contributed by atoms with Crippen LogP contribution in [0.5, 0.6) is 0 Å². The molecule has 0 spiro atoms. The van der Waals surface area contributed by atoms with Gasteiger partial charge >= 0.3 is 5.97 Å². The number of hydrogen-bond donors (Lipinski definition) is 0. The van der Waals surface area contributed by atoms with Crippen LogP contribution in [-0.4, -0.2) is 17.1 Å². The van der Waals surface area contributed by atoms with E-state index >= 15 is 0 Å². The Kier molecular flexibility index (Phi) is 5.72. The molecule has 0 saturated carbocycles. The van der Waals surface area contributed by atoms with Crippen LogP contribution in [0.15, 0.2) is 79.1 Å². The van der Waals surface area contributed by atoms with E-state index in [1.165, 1.54) is 0 Å². The Balaban J connectivity index is 1.37. The lowest BCUT2D eigenvalue weighted by Crippen LogP contribution is -2.08. The van der Waals surface area contributed by atoms with Gasteiger partial charge in [0, 0.05) is 18.9 Å².